The number of terminal acetylenes is 1. The third kappa shape index (κ3) is 5.52. The summed E-state index contributed by atoms with van der Waals surface area (Å²) in [5, 5.41) is 0. The second kappa shape index (κ2) is 5.83. The summed E-state index contributed by atoms with van der Waals surface area (Å²) in [6.45, 7) is 6.20. The standard InChI is InChI=1S/C11H16/c1-5-7-8-11(6-2)9-10(3)4/h2H,5,7-8H2,1,3-4H3. The molecule has 0 aromatic carbocycles. The number of hydrogen-bond acceptors (Lipinski definition) is 0. The largest absolute Gasteiger partial charge is 0.114 e. The van der Waals surface area contributed by atoms with Crippen molar-refractivity contribution in [2.45, 2.75) is 40.0 Å². The van der Waals surface area contributed by atoms with Crippen LogP contribution in [0.15, 0.2) is 16.9 Å². The van der Waals surface area contributed by atoms with Crippen molar-refractivity contribution in [2.24, 2.45) is 0 Å². The second-order valence-corrected chi connectivity index (χ2v) is 2.85. The van der Waals surface area contributed by atoms with Crippen molar-refractivity contribution in [3.05, 3.63) is 16.9 Å². The first-order valence-electron chi connectivity index (χ1n) is 4.10. The first-order chi connectivity index (χ1) is 5.20. The van der Waals surface area contributed by atoms with Crippen LogP contribution >= 0.6 is 0 Å². The molecule has 0 unspecified atom stereocenters. The van der Waals surface area contributed by atoms with Crippen LogP contribution in [0.4, 0.5) is 0 Å². The van der Waals surface area contributed by atoms with Gasteiger partial charge in [0.25, 0.3) is 0 Å². The molecular formula is C11H16. The topological polar surface area (TPSA) is 0 Å². The van der Waals surface area contributed by atoms with Crippen LogP contribution in [-0.4, -0.2) is 0 Å². The molecule has 0 bridgehead atoms. The molecule has 0 heterocycles. The van der Waals surface area contributed by atoms with E-state index in [4.69, 9.17) is 6.42 Å². The maximum Gasteiger partial charge on any atom is 0.0434 e. The Kier molecular flexibility index (Phi) is 5.35. The molecule has 0 saturated heterocycles. The normalized spacial score (nSPS) is 8.18. The van der Waals surface area contributed by atoms with Crippen LogP contribution in [0, 0.1) is 12.3 Å². The molecule has 0 aliphatic heterocycles. The molecular weight excluding hydrogens is 132 g/mol. The molecule has 0 spiro atoms. The van der Waals surface area contributed by atoms with Gasteiger partial charge in [0, 0.05) is 5.57 Å². The lowest BCUT2D eigenvalue weighted by Crippen LogP contribution is -1.77. The van der Waals surface area contributed by atoms with E-state index >= 15 is 0 Å². The molecule has 0 aliphatic rings. The van der Waals surface area contributed by atoms with E-state index in [1.165, 1.54) is 12.8 Å². The van der Waals surface area contributed by atoms with Crippen molar-refractivity contribution in [1.29, 1.82) is 0 Å². The second-order valence-electron chi connectivity index (χ2n) is 2.85. The predicted octanol–water partition coefficient (Wildman–Crippen LogP) is 3.30. The quantitative estimate of drug-likeness (QED) is 0.425. The number of hydrogen-bond donors (Lipinski definition) is 0. The number of allylic oxidation sites excluding steroid dienone is 1. The Labute approximate surface area is 70.0 Å². The molecule has 0 radical (unpaired) electrons. The van der Waals surface area contributed by atoms with Crippen LogP contribution in [0.2, 0.25) is 0 Å². The molecule has 0 heteroatoms. The summed E-state index contributed by atoms with van der Waals surface area (Å²) in [5.41, 5.74) is 5.33. The van der Waals surface area contributed by atoms with Gasteiger partial charge in [0.2, 0.25) is 0 Å². The Morgan fingerprint density at radius 3 is 2.36 bits per heavy atom. The van der Waals surface area contributed by atoms with Crippen molar-refractivity contribution in [1.82, 2.24) is 0 Å². The van der Waals surface area contributed by atoms with Crippen LogP contribution < -0.4 is 0 Å². The highest BCUT2D eigenvalue weighted by Gasteiger charge is 1.89. The zero-order valence-corrected chi connectivity index (χ0v) is 7.70. The van der Waals surface area contributed by atoms with E-state index < -0.39 is 0 Å². The lowest BCUT2D eigenvalue weighted by Gasteiger charge is -1.93. The number of unbranched alkanes of at least 4 members (excludes halogenated alkanes) is 1. The monoisotopic (exact) mass is 148 g/mol. The van der Waals surface area contributed by atoms with Gasteiger partial charge in [-0.25, -0.2) is 0 Å². The summed E-state index contributed by atoms with van der Waals surface area (Å²) < 4.78 is 0. The zero-order valence-electron chi connectivity index (χ0n) is 7.70. The highest BCUT2D eigenvalue weighted by molar-refractivity contribution is 5.25. The van der Waals surface area contributed by atoms with E-state index in [-0.39, 0.29) is 0 Å². The average Bonchev–Trinajstić information content (AvgIpc) is 1.97. The van der Waals surface area contributed by atoms with Crippen LogP contribution in [0.3, 0.4) is 0 Å². The Bertz CT molecular complexity index is 203. The Hall–Kier alpha value is -0.920. The minimum Gasteiger partial charge on any atom is -0.114 e. The van der Waals surface area contributed by atoms with Crippen molar-refractivity contribution < 1.29 is 0 Å². The zero-order chi connectivity index (χ0) is 8.69. The van der Waals surface area contributed by atoms with Crippen molar-refractivity contribution in [3.63, 3.8) is 0 Å². The fourth-order valence-electron chi connectivity index (χ4n) is 0.826. The van der Waals surface area contributed by atoms with E-state index in [9.17, 15) is 0 Å². The molecule has 60 valence electrons. The van der Waals surface area contributed by atoms with Crippen molar-refractivity contribution >= 4 is 0 Å². The average molecular weight is 148 g/mol. The summed E-state index contributed by atoms with van der Waals surface area (Å²) in [6.07, 6.45) is 8.65. The molecule has 0 saturated carbocycles. The van der Waals surface area contributed by atoms with E-state index in [0.717, 1.165) is 17.6 Å². The highest BCUT2D eigenvalue weighted by Crippen LogP contribution is 2.05. The number of rotatable bonds is 3. The molecule has 0 aliphatic carbocycles. The van der Waals surface area contributed by atoms with Gasteiger partial charge < -0.3 is 0 Å². The van der Waals surface area contributed by atoms with E-state index in [2.05, 4.69) is 18.6 Å². The maximum absolute atomic E-state index is 5.30. The molecule has 0 atom stereocenters. The summed E-state index contributed by atoms with van der Waals surface area (Å²) in [4.78, 5) is 0. The van der Waals surface area contributed by atoms with Gasteiger partial charge in [0.15, 0.2) is 0 Å². The third-order valence-corrected chi connectivity index (χ3v) is 1.36. The molecule has 0 N–H and O–H groups in total. The first-order valence-corrected chi connectivity index (χ1v) is 4.10. The minimum atomic E-state index is 0.998. The molecule has 0 nitrogen and oxygen atoms in total. The summed E-state index contributed by atoms with van der Waals surface area (Å²) in [5.74, 6) is 2.65. The summed E-state index contributed by atoms with van der Waals surface area (Å²) in [7, 11) is 0. The Balaban J connectivity index is 4.21. The van der Waals surface area contributed by atoms with Crippen LogP contribution in [0.1, 0.15) is 40.0 Å². The van der Waals surface area contributed by atoms with Gasteiger partial charge in [-0.1, -0.05) is 19.3 Å². The smallest absolute Gasteiger partial charge is 0.0434 e. The van der Waals surface area contributed by atoms with Gasteiger partial charge >= 0.3 is 0 Å². The molecule has 0 amide bonds. The fourth-order valence-corrected chi connectivity index (χ4v) is 0.826. The highest BCUT2D eigenvalue weighted by atomic mass is 13.9. The van der Waals surface area contributed by atoms with Gasteiger partial charge in [-0.2, -0.15) is 0 Å². The van der Waals surface area contributed by atoms with E-state index in [1.807, 2.05) is 13.8 Å². The molecule has 11 heavy (non-hydrogen) atoms. The van der Waals surface area contributed by atoms with E-state index in [0.29, 0.717) is 0 Å². The summed E-state index contributed by atoms with van der Waals surface area (Å²) in [6, 6.07) is 0. The molecule has 0 aromatic rings. The van der Waals surface area contributed by atoms with Gasteiger partial charge in [0.1, 0.15) is 0 Å². The van der Waals surface area contributed by atoms with Crippen LogP contribution in [0.5, 0.6) is 0 Å². The Morgan fingerprint density at radius 2 is 2.00 bits per heavy atom. The lowest BCUT2D eigenvalue weighted by molar-refractivity contribution is 0.801. The Morgan fingerprint density at radius 1 is 1.36 bits per heavy atom. The van der Waals surface area contributed by atoms with Gasteiger partial charge in [0.05, 0.1) is 0 Å². The van der Waals surface area contributed by atoms with Crippen molar-refractivity contribution in [2.75, 3.05) is 0 Å². The van der Waals surface area contributed by atoms with E-state index in [1.54, 1.807) is 0 Å². The van der Waals surface area contributed by atoms with Crippen LogP contribution in [-0.2, 0) is 0 Å². The SMILES string of the molecule is C#CC(=C=C(C)C)CCCC. The molecule has 0 fully saturated rings. The van der Waals surface area contributed by atoms with Gasteiger partial charge in [-0.05, 0) is 32.3 Å². The lowest BCUT2D eigenvalue weighted by atomic mass is 10.1. The predicted molar refractivity (Wildman–Crippen MR) is 50.2 cm³/mol. The van der Waals surface area contributed by atoms with Crippen LogP contribution in [0.25, 0.3) is 0 Å². The third-order valence-electron chi connectivity index (χ3n) is 1.36. The van der Waals surface area contributed by atoms with Crippen molar-refractivity contribution in [3.8, 4) is 12.3 Å². The van der Waals surface area contributed by atoms with Gasteiger partial charge in [-0.3, -0.25) is 0 Å². The molecule has 0 aromatic heterocycles. The fraction of sp³-hybridized carbons (Fsp3) is 0.545. The first kappa shape index (κ1) is 10.1. The van der Waals surface area contributed by atoms with Gasteiger partial charge in [-0.15, -0.1) is 12.2 Å². The summed E-state index contributed by atoms with van der Waals surface area (Å²) >= 11 is 0. The molecule has 0 rings (SSSR count). The minimum absolute atomic E-state index is 0.998. The maximum atomic E-state index is 5.30.